The van der Waals surface area contributed by atoms with Gasteiger partial charge in [0.15, 0.2) is 6.29 Å². The largest absolute Gasteiger partial charge is 0.478 e. The van der Waals surface area contributed by atoms with Crippen molar-refractivity contribution in [1.29, 1.82) is 0 Å². The van der Waals surface area contributed by atoms with E-state index in [1.807, 2.05) is 36.4 Å². The highest BCUT2D eigenvalue weighted by atomic mass is 16.4. The first-order chi connectivity index (χ1) is 16.4. The number of carbonyl (C=O) groups excluding carboxylic acids is 1. The number of aromatic nitrogens is 2. The first kappa shape index (κ1) is 25.2. The zero-order chi connectivity index (χ0) is 24.7. The molecule has 0 bridgehead atoms. The molecule has 0 atom stereocenters. The van der Waals surface area contributed by atoms with Crippen LogP contribution in [-0.2, 0) is 19.5 Å². The monoisotopic (exact) mass is 462 g/mol. The average Bonchev–Trinajstić information content (AvgIpc) is 3.08. The van der Waals surface area contributed by atoms with Crippen molar-refractivity contribution < 1.29 is 14.7 Å². The lowest BCUT2D eigenvalue weighted by atomic mass is 9.97. The fraction of sp³-hybridized carbons (Fsp3) is 0.393. The lowest BCUT2D eigenvalue weighted by molar-refractivity contribution is 0.0697. The third-order valence-electron chi connectivity index (χ3n) is 6.17. The van der Waals surface area contributed by atoms with Crippen molar-refractivity contribution in [3.63, 3.8) is 0 Å². The maximum atomic E-state index is 13.4. The van der Waals surface area contributed by atoms with Gasteiger partial charge in [0.05, 0.1) is 17.8 Å². The summed E-state index contributed by atoms with van der Waals surface area (Å²) < 4.78 is 3.25. The molecule has 3 rings (SSSR count). The Kier molecular flexibility index (Phi) is 8.63. The van der Waals surface area contributed by atoms with Crippen molar-refractivity contribution in [3.8, 4) is 11.1 Å². The van der Waals surface area contributed by atoms with E-state index < -0.39 is 5.97 Å². The third-order valence-corrected chi connectivity index (χ3v) is 6.17. The average molecular weight is 463 g/mol. The van der Waals surface area contributed by atoms with Crippen LogP contribution in [0.25, 0.3) is 11.1 Å². The maximum Gasteiger partial charge on any atom is 0.336 e. The van der Waals surface area contributed by atoms with Crippen molar-refractivity contribution in [3.05, 3.63) is 81.5 Å². The van der Waals surface area contributed by atoms with Gasteiger partial charge >= 0.3 is 11.7 Å². The highest BCUT2D eigenvalue weighted by Gasteiger charge is 2.21. The smallest absolute Gasteiger partial charge is 0.336 e. The molecule has 0 saturated heterocycles. The minimum atomic E-state index is -1.02. The van der Waals surface area contributed by atoms with E-state index in [0.717, 1.165) is 43.2 Å². The van der Waals surface area contributed by atoms with E-state index in [2.05, 4.69) is 20.8 Å². The van der Waals surface area contributed by atoms with E-state index in [-0.39, 0.29) is 17.8 Å². The molecule has 0 amide bonds. The van der Waals surface area contributed by atoms with Gasteiger partial charge in [-0.15, -0.1) is 0 Å². The molecule has 6 nitrogen and oxygen atoms in total. The number of benzene rings is 2. The zero-order valence-electron chi connectivity index (χ0n) is 20.3. The van der Waals surface area contributed by atoms with Gasteiger partial charge in [0.1, 0.15) is 5.69 Å². The minimum absolute atomic E-state index is 0.193. The summed E-state index contributed by atoms with van der Waals surface area (Å²) in [7, 11) is 0. The van der Waals surface area contributed by atoms with Crippen LogP contribution in [0.15, 0.2) is 53.3 Å². The quantitative estimate of drug-likeness (QED) is 0.278. The third kappa shape index (κ3) is 5.74. The number of rotatable bonds is 12. The number of nitrogens with zero attached hydrogens (tertiary/aromatic N) is 2. The Morgan fingerprint density at radius 2 is 1.79 bits per heavy atom. The highest BCUT2D eigenvalue weighted by Crippen LogP contribution is 2.25. The number of carboxylic acid groups (broad SMARTS) is 1. The van der Waals surface area contributed by atoms with E-state index >= 15 is 0 Å². The SMILES string of the molecule is CCCCCn1c(C=O)c(CCC(C)C)n(Cc2ccc(-c3ccccc3)c(C(=O)O)c2)c1=O. The summed E-state index contributed by atoms with van der Waals surface area (Å²) in [6, 6.07) is 14.7. The van der Waals surface area contributed by atoms with E-state index in [4.69, 9.17) is 0 Å². The van der Waals surface area contributed by atoms with Crippen LogP contribution in [-0.4, -0.2) is 26.5 Å². The topological polar surface area (TPSA) is 81.3 Å². The van der Waals surface area contributed by atoms with Gasteiger partial charge < -0.3 is 5.11 Å². The molecule has 0 spiro atoms. The Hall–Kier alpha value is -3.41. The summed E-state index contributed by atoms with van der Waals surface area (Å²) >= 11 is 0. The molecule has 0 aliphatic carbocycles. The Labute approximate surface area is 200 Å². The van der Waals surface area contributed by atoms with Gasteiger partial charge in [0.2, 0.25) is 0 Å². The molecule has 34 heavy (non-hydrogen) atoms. The van der Waals surface area contributed by atoms with Gasteiger partial charge in [0.25, 0.3) is 0 Å². The van der Waals surface area contributed by atoms with Crippen molar-refractivity contribution in [2.45, 2.75) is 66.0 Å². The van der Waals surface area contributed by atoms with Gasteiger partial charge in [0, 0.05) is 6.54 Å². The molecule has 0 saturated carbocycles. The number of hydrogen-bond donors (Lipinski definition) is 1. The Bertz CT molecular complexity index is 1190. The summed E-state index contributed by atoms with van der Waals surface area (Å²) in [4.78, 5) is 37.5. The summed E-state index contributed by atoms with van der Waals surface area (Å²) in [5.41, 5.74) is 3.34. The number of carbonyl (C=O) groups is 2. The summed E-state index contributed by atoms with van der Waals surface area (Å²) in [5.74, 6) is -0.589. The molecule has 1 heterocycles. The molecule has 6 heteroatoms. The maximum absolute atomic E-state index is 13.4. The predicted molar refractivity (Wildman–Crippen MR) is 135 cm³/mol. The van der Waals surface area contributed by atoms with Crippen molar-refractivity contribution in [2.75, 3.05) is 0 Å². The molecule has 180 valence electrons. The van der Waals surface area contributed by atoms with Crippen LogP contribution in [0.2, 0.25) is 0 Å². The molecular weight excluding hydrogens is 428 g/mol. The first-order valence-electron chi connectivity index (χ1n) is 12.1. The van der Waals surface area contributed by atoms with Gasteiger partial charge in [-0.3, -0.25) is 13.9 Å². The van der Waals surface area contributed by atoms with Crippen LogP contribution < -0.4 is 5.69 Å². The summed E-state index contributed by atoms with van der Waals surface area (Å²) in [6.07, 6.45) is 5.11. The molecule has 0 unspecified atom stereocenters. The first-order valence-corrected chi connectivity index (χ1v) is 12.1. The molecule has 0 fully saturated rings. The molecule has 1 aromatic heterocycles. The molecule has 0 aliphatic rings. The number of aromatic carboxylic acids is 1. The van der Waals surface area contributed by atoms with E-state index in [9.17, 15) is 19.5 Å². The Morgan fingerprint density at radius 3 is 2.41 bits per heavy atom. The second-order valence-electron chi connectivity index (χ2n) is 9.16. The molecular formula is C28H34N2O4. The van der Waals surface area contributed by atoms with Crippen molar-refractivity contribution >= 4 is 12.3 Å². The lowest BCUT2D eigenvalue weighted by Crippen LogP contribution is -2.26. The van der Waals surface area contributed by atoms with Crippen LogP contribution in [0.3, 0.4) is 0 Å². The number of aldehydes is 1. The van der Waals surface area contributed by atoms with Gasteiger partial charge in [-0.05, 0) is 47.9 Å². The van der Waals surface area contributed by atoms with Crippen molar-refractivity contribution in [1.82, 2.24) is 9.13 Å². The van der Waals surface area contributed by atoms with Gasteiger partial charge in [-0.1, -0.05) is 76.1 Å². The normalized spacial score (nSPS) is 11.2. The zero-order valence-corrected chi connectivity index (χ0v) is 20.3. The molecule has 1 N–H and O–H groups in total. The Morgan fingerprint density at radius 1 is 1.06 bits per heavy atom. The van der Waals surface area contributed by atoms with E-state index in [0.29, 0.717) is 35.7 Å². The van der Waals surface area contributed by atoms with E-state index in [1.54, 1.807) is 21.3 Å². The van der Waals surface area contributed by atoms with Gasteiger partial charge in [-0.25, -0.2) is 9.59 Å². The number of unbranched alkanes of at least 4 members (excludes halogenated alkanes) is 2. The fourth-order valence-corrected chi connectivity index (χ4v) is 4.30. The number of carboxylic acids is 1. The Balaban J connectivity index is 2.05. The van der Waals surface area contributed by atoms with Crippen LogP contribution in [0.5, 0.6) is 0 Å². The van der Waals surface area contributed by atoms with Crippen molar-refractivity contribution in [2.24, 2.45) is 5.92 Å². The molecule has 0 aliphatic heterocycles. The molecule has 3 aromatic rings. The standard InChI is InChI=1S/C28H34N2O4/c1-4-5-9-16-29-26(19-31)25(15-12-20(2)3)30(28(29)34)18-21-13-14-23(24(17-21)27(32)33)22-10-7-6-8-11-22/h6-8,10-11,13-14,17,19-20H,4-5,9,12,15-16,18H2,1-3H3,(H,32,33). The van der Waals surface area contributed by atoms with Crippen LogP contribution in [0, 0.1) is 5.92 Å². The van der Waals surface area contributed by atoms with Crippen LogP contribution in [0.4, 0.5) is 0 Å². The number of imidazole rings is 1. The predicted octanol–water partition coefficient (Wildman–Crippen LogP) is 5.65. The minimum Gasteiger partial charge on any atom is -0.478 e. The fourth-order valence-electron chi connectivity index (χ4n) is 4.30. The second kappa shape index (κ2) is 11.6. The molecule has 2 aromatic carbocycles. The highest BCUT2D eigenvalue weighted by molar-refractivity contribution is 5.96. The van der Waals surface area contributed by atoms with Crippen LogP contribution >= 0.6 is 0 Å². The second-order valence-corrected chi connectivity index (χ2v) is 9.16. The van der Waals surface area contributed by atoms with E-state index in [1.165, 1.54) is 0 Å². The van der Waals surface area contributed by atoms with Gasteiger partial charge in [-0.2, -0.15) is 0 Å². The summed E-state index contributed by atoms with van der Waals surface area (Å²) in [6.45, 7) is 7.06. The summed E-state index contributed by atoms with van der Waals surface area (Å²) in [5, 5.41) is 9.86. The number of hydrogen-bond acceptors (Lipinski definition) is 3. The van der Waals surface area contributed by atoms with Crippen LogP contribution in [0.1, 0.15) is 78.6 Å². The molecule has 0 radical (unpaired) electrons. The lowest BCUT2D eigenvalue weighted by Gasteiger charge is -2.12.